The van der Waals surface area contributed by atoms with E-state index in [1.165, 1.54) is 16.8 Å². The molecule has 0 saturated carbocycles. The molecule has 0 bridgehead atoms. The lowest BCUT2D eigenvalue weighted by molar-refractivity contribution is -0.136. The van der Waals surface area contributed by atoms with Crippen molar-refractivity contribution < 1.29 is 4.79 Å². The molecule has 0 spiro atoms. The predicted octanol–water partition coefficient (Wildman–Crippen LogP) is 3.60. The van der Waals surface area contributed by atoms with Crippen LogP contribution in [0, 0.1) is 19.8 Å². The number of rotatable bonds is 6. The highest BCUT2D eigenvalue weighted by atomic mass is 16.2. The van der Waals surface area contributed by atoms with Gasteiger partial charge in [-0.25, -0.2) is 0 Å². The van der Waals surface area contributed by atoms with E-state index in [9.17, 15) is 4.79 Å². The standard InChI is InChI=1S/C23H34N4O/c1-17(2)15-27-19(4)21(18(3)24-27)11-12-23(28)26-14-13-25(5)16-22(26)20-9-7-6-8-10-20/h6-10,17,22H,11-16H2,1-5H3/t22-/m0/s1. The Kier molecular flexibility index (Phi) is 6.55. The van der Waals surface area contributed by atoms with Crippen LogP contribution >= 0.6 is 0 Å². The number of likely N-dealkylation sites (N-methyl/N-ethyl adjacent to an activating group) is 1. The molecule has 1 fully saturated rings. The smallest absolute Gasteiger partial charge is 0.223 e. The summed E-state index contributed by atoms with van der Waals surface area (Å²) in [4.78, 5) is 17.5. The van der Waals surface area contributed by atoms with Crippen LogP contribution in [0.15, 0.2) is 30.3 Å². The van der Waals surface area contributed by atoms with Crippen molar-refractivity contribution in [3.05, 3.63) is 52.8 Å². The number of amides is 1. The molecule has 1 aromatic heterocycles. The van der Waals surface area contributed by atoms with Gasteiger partial charge in [-0.2, -0.15) is 5.10 Å². The zero-order chi connectivity index (χ0) is 20.3. The number of benzene rings is 1. The molecule has 1 aromatic carbocycles. The minimum atomic E-state index is 0.137. The maximum atomic E-state index is 13.1. The van der Waals surface area contributed by atoms with E-state index in [0.717, 1.165) is 38.3 Å². The van der Waals surface area contributed by atoms with E-state index in [1.807, 2.05) is 6.07 Å². The Morgan fingerprint density at radius 3 is 2.57 bits per heavy atom. The quantitative estimate of drug-likeness (QED) is 0.766. The Hall–Kier alpha value is -2.14. The van der Waals surface area contributed by atoms with Crippen molar-refractivity contribution in [2.75, 3.05) is 26.7 Å². The van der Waals surface area contributed by atoms with Gasteiger partial charge in [0, 0.05) is 38.3 Å². The predicted molar refractivity (Wildman–Crippen MR) is 113 cm³/mol. The Balaban J connectivity index is 1.71. The monoisotopic (exact) mass is 382 g/mol. The molecule has 2 aromatic rings. The van der Waals surface area contributed by atoms with Crippen molar-refractivity contribution >= 4 is 5.91 Å². The second kappa shape index (κ2) is 8.91. The zero-order valence-corrected chi connectivity index (χ0v) is 18.0. The largest absolute Gasteiger partial charge is 0.333 e. The van der Waals surface area contributed by atoms with Gasteiger partial charge in [0.25, 0.3) is 0 Å². The summed E-state index contributed by atoms with van der Waals surface area (Å²) < 4.78 is 2.10. The van der Waals surface area contributed by atoms with Crippen LogP contribution in [-0.2, 0) is 17.8 Å². The van der Waals surface area contributed by atoms with Crippen LogP contribution in [0.1, 0.15) is 48.8 Å². The van der Waals surface area contributed by atoms with Gasteiger partial charge >= 0.3 is 0 Å². The van der Waals surface area contributed by atoms with Crippen LogP contribution in [0.5, 0.6) is 0 Å². The highest BCUT2D eigenvalue weighted by molar-refractivity contribution is 5.77. The third kappa shape index (κ3) is 4.64. The first-order valence-corrected chi connectivity index (χ1v) is 10.4. The summed E-state index contributed by atoms with van der Waals surface area (Å²) in [5.74, 6) is 0.807. The van der Waals surface area contributed by atoms with Crippen LogP contribution < -0.4 is 0 Å². The number of piperazine rings is 1. The van der Waals surface area contributed by atoms with Crippen molar-refractivity contribution in [1.82, 2.24) is 19.6 Å². The van der Waals surface area contributed by atoms with Crippen LogP contribution in [0.3, 0.4) is 0 Å². The summed E-state index contributed by atoms with van der Waals surface area (Å²) in [6.45, 7) is 12.1. The van der Waals surface area contributed by atoms with Gasteiger partial charge in [-0.05, 0) is 44.4 Å². The molecule has 0 N–H and O–H groups in total. The number of aryl methyl sites for hydroxylation is 1. The zero-order valence-electron chi connectivity index (χ0n) is 18.0. The topological polar surface area (TPSA) is 41.4 Å². The molecule has 0 radical (unpaired) electrons. The first-order valence-electron chi connectivity index (χ1n) is 10.4. The van der Waals surface area contributed by atoms with Gasteiger partial charge in [0.1, 0.15) is 0 Å². The van der Waals surface area contributed by atoms with E-state index in [0.29, 0.717) is 12.3 Å². The second-order valence-corrected chi connectivity index (χ2v) is 8.50. The van der Waals surface area contributed by atoms with Gasteiger partial charge in [0.15, 0.2) is 0 Å². The second-order valence-electron chi connectivity index (χ2n) is 8.50. The Labute approximate surface area is 169 Å². The maximum Gasteiger partial charge on any atom is 0.223 e. The Bertz CT molecular complexity index is 796. The summed E-state index contributed by atoms with van der Waals surface area (Å²) in [6, 6.07) is 10.6. The molecule has 2 heterocycles. The normalized spacial score (nSPS) is 18.1. The first-order chi connectivity index (χ1) is 13.4. The number of aromatic nitrogens is 2. The molecule has 3 rings (SSSR count). The van der Waals surface area contributed by atoms with Gasteiger partial charge in [-0.3, -0.25) is 9.48 Å². The number of carbonyl (C=O) groups excluding carboxylic acids is 1. The van der Waals surface area contributed by atoms with Crippen LogP contribution in [0.25, 0.3) is 0 Å². The minimum absolute atomic E-state index is 0.137. The van der Waals surface area contributed by atoms with Crippen LogP contribution in [0.4, 0.5) is 0 Å². The summed E-state index contributed by atoms with van der Waals surface area (Å²) in [6.07, 6.45) is 1.31. The van der Waals surface area contributed by atoms with E-state index in [2.05, 4.69) is 73.5 Å². The molecule has 1 aliphatic rings. The fraction of sp³-hybridized carbons (Fsp3) is 0.565. The van der Waals surface area contributed by atoms with Crippen LogP contribution in [-0.4, -0.2) is 52.2 Å². The molecule has 1 saturated heterocycles. The molecule has 1 atom stereocenters. The summed E-state index contributed by atoms with van der Waals surface area (Å²) >= 11 is 0. The molecule has 0 unspecified atom stereocenters. The number of carbonyl (C=O) groups is 1. The van der Waals surface area contributed by atoms with Crippen LogP contribution in [0.2, 0.25) is 0 Å². The lowest BCUT2D eigenvalue weighted by Crippen LogP contribution is -2.49. The van der Waals surface area contributed by atoms with E-state index in [4.69, 9.17) is 5.10 Å². The number of hydrogen-bond acceptors (Lipinski definition) is 3. The SMILES string of the molecule is Cc1nn(CC(C)C)c(C)c1CCC(=O)N1CCN(C)C[C@H]1c1ccccc1. The summed E-state index contributed by atoms with van der Waals surface area (Å²) in [5, 5.41) is 4.70. The fourth-order valence-corrected chi connectivity index (χ4v) is 4.17. The average Bonchev–Trinajstić information content (AvgIpc) is 2.93. The van der Waals surface area contributed by atoms with Gasteiger partial charge in [0.2, 0.25) is 5.91 Å². The highest BCUT2D eigenvalue weighted by Crippen LogP contribution is 2.26. The molecular weight excluding hydrogens is 348 g/mol. The molecule has 5 nitrogen and oxygen atoms in total. The van der Waals surface area contributed by atoms with E-state index in [1.54, 1.807) is 0 Å². The van der Waals surface area contributed by atoms with Gasteiger partial charge < -0.3 is 9.80 Å². The molecule has 1 aliphatic heterocycles. The molecular formula is C23H34N4O. The van der Waals surface area contributed by atoms with Crippen molar-refractivity contribution in [3.63, 3.8) is 0 Å². The molecule has 0 aliphatic carbocycles. The Morgan fingerprint density at radius 1 is 1.18 bits per heavy atom. The third-order valence-corrected chi connectivity index (χ3v) is 5.75. The number of hydrogen-bond donors (Lipinski definition) is 0. The summed E-state index contributed by atoms with van der Waals surface area (Å²) in [7, 11) is 2.13. The molecule has 152 valence electrons. The Morgan fingerprint density at radius 2 is 1.89 bits per heavy atom. The van der Waals surface area contributed by atoms with E-state index in [-0.39, 0.29) is 11.9 Å². The van der Waals surface area contributed by atoms with Crippen molar-refractivity contribution in [3.8, 4) is 0 Å². The lowest BCUT2D eigenvalue weighted by atomic mass is 10.0. The highest BCUT2D eigenvalue weighted by Gasteiger charge is 2.30. The maximum absolute atomic E-state index is 13.1. The fourth-order valence-electron chi connectivity index (χ4n) is 4.17. The van der Waals surface area contributed by atoms with Gasteiger partial charge in [-0.1, -0.05) is 44.2 Å². The molecule has 28 heavy (non-hydrogen) atoms. The molecule has 1 amide bonds. The minimum Gasteiger partial charge on any atom is -0.333 e. The van der Waals surface area contributed by atoms with E-state index >= 15 is 0 Å². The summed E-state index contributed by atoms with van der Waals surface area (Å²) in [5.41, 5.74) is 4.72. The van der Waals surface area contributed by atoms with Crippen molar-refractivity contribution in [2.45, 2.75) is 53.1 Å². The first kappa shape index (κ1) is 20.6. The van der Waals surface area contributed by atoms with Gasteiger partial charge in [0.05, 0.1) is 11.7 Å². The lowest BCUT2D eigenvalue weighted by Gasteiger charge is -2.40. The van der Waals surface area contributed by atoms with E-state index < -0.39 is 0 Å². The number of nitrogens with zero attached hydrogens (tertiary/aromatic N) is 4. The van der Waals surface area contributed by atoms with Crippen molar-refractivity contribution in [2.24, 2.45) is 5.92 Å². The van der Waals surface area contributed by atoms with Gasteiger partial charge in [-0.15, -0.1) is 0 Å². The molecule has 5 heteroatoms. The van der Waals surface area contributed by atoms with Crippen molar-refractivity contribution in [1.29, 1.82) is 0 Å². The average molecular weight is 383 g/mol. The third-order valence-electron chi connectivity index (χ3n) is 5.75.